The topological polar surface area (TPSA) is 47.3 Å². The van der Waals surface area contributed by atoms with Crippen molar-refractivity contribution in [2.45, 2.75) is 19.4 Å². The smallest absolute Gasteiger partial charge is 0.217 e. The van der Waals surface area contributed by atoms with Crippen molar-refractivity contribution in [3.63, 3.8) is 0 Å². The van der Waals surface area contributed by atoms with Crippen molar-refractivity contribution in [1.29, 1.82) is 0 Å². The van der Waals surface area contributed by atoms with E-state index in [4.69, 9.17) is 4.74 Å². The summed E-state index contributed by atoms with van der Waals surface area (Å²) in [7, 11) is 3.40. The lowest BCUT2D eigenvalue weighted by molar-refractivity contribution is 0.173. The minimum absolute atomic E-state index is 0.557. The molecular weight excluding hydrogens is 316 g/mol. The Kier molecular flexibility index (Phi) is 4.09. The van der Waals surface area contributed by atoms with Crippen LogP contribution in [0, 0.1) is 6.92 Å². The molecule has 0 saturated heterocycles. The highest BCUT2D eigenvalue weighted by molar-refractivity contribution is 9.10. The van der Waals surface area contributed by atoms with Gasteiger partial charge in [-0.1, -0.05) is 0 Å². The van der Waals surface area contributed by atoms with Crippen molar-refractivity contribution >= 4 is 27.3 Å². The predicted octanol–water partition coefficient (Wildman–Crippen LogP) is 2.84. The Hall–Kier alpha value is -0.850. The summed E-state index contributed by atoms with van der Waals surface area (Å²) in [6, 6.07) is 1.99. The molecule has 0 bridgehead atoms. The van der Waals surface area contributed by atoms with Crippen LogP contribution in [0.25, 0.3) is 0 Å². The standard InChI is InChI=1S/C12H15BrN2O2S/c1-7-11(12(17-3)15(2)14-7)9(16)6-10-8(13)4-5-18-10/h4-5,9,16H,6H2,1-3H3. The normalized spacial score (nSPS) is 12.7. The zero-order valence-corrected chi connectivity index (χ0v) is 12.9. The van der Waals surface area contributed by atoms with Crippen LogP contribution >= 0.6 is 27.3 Å². The van der Waals surface area contributed by atoms with Crippen LogP contribution in [0.15, 0.2) is 15.9 Å². The number of ether oxygens (including phenoxy) is 1. The lowest BCUT2D eigenvalue weighted by Gasteiger charge is -2.11. The Bertz CT molecular complexity index is 550. The summed E-state index contributed by atoms with van der Waals surface area (Å²) in [4.78, 5) is 1.12. The summed E-state index contributed by atoms with van der Waals surface area (Å²) < 4.78 is 7.98. The van der Waals surface area contributed by atoms with Crippen LogP contribution in [0.4, 0.5) is 0 Å². The number of thiophene rings is 1. The second kappa shape index (κ2) is 5.42. The van der Waals surface area contributed by atoms with Crippen LogP contribution in [-0.4, -0.2) is 22.0 Å². The second-order valence-electron chi connectivity index (χ2n) is 4.04. The first-order valence-corrected chi connectivity index (χ1v) is 7.19. The molecule has 2 rings (SSSR count). The average molecular weight is 331 g/mol. The molecule has 98 valence electrons. The zero-order chi connectivity index (χ0) is 13.3. The maximum absolute atomic E-state index is 10.4. The van der Waals surface area contributed by atoms with Crippen LogP contribution < -0.4 is 4.74 Å². The number of rotatable bonds is 4. The van der Waals surface area contributed by atoms with Crippen LogP contribution in [0.2, 0.25) is 0 Å². The lowest BCUT2D eigenvalue weighted by atomic mass is 10.1. The molecule has 0 fully saturated rings. The Labute approximate surface area is 118 Å². The molecule has 0 saturated carbocycles. The lowest BCUT2D eigenvalue weighted by Crippen LogP contribution is -2.04. The molecule has 4 nitrogen and oxygen atoms in total. The summed E-state index contributed by atoms with van der Waals surface area (Å²) in [6.45, 7) is 1.88. The van der Waals surface area contributed by atoms with Gasteiger partial charge in [0.1, 0.15) is 0 Å². The summed E-state index contributed by atoms with van der Waals surface area (Å²) in [5.41, 5.74) is 1.56. The van der Waals surface area contributed by atoms with E-state index in [1.54, 1.807) is 23.1 Å². The predicted molar refractivity (Wildman–Crippen MR) is 75.2 cm³/mol. The van der Waals surface area contributed by atoms with Crippen LogP contribution in [-0.2, 0) is 13.5 Å². The van der Waals surface area contributed by atoms with Gasteiger partial charge in [-0.3, -0.25) is 0 Å². The van der Waals surface area contributed by atoms with E-state index < -0.39 is 6.10 Å². The summed E-state index contributed by atoms with van der Waals surface area (Å²) in [6.07, 6.45) is -0.0511. The molecule has 0 amide bonds. The van der Waals surface area contributed by atoms with Gasteiger partial charge in [0.25, 0.3) is 0 Å². The SMILES string of the molecule is COc1c(C(O)Cc2sccc2Br)c(C)nn1C. The van der Waals surface area contributed by atoms with Gasteiger partial charge in [-0.25, -0.2) is 4.68 Å². The van der Waals surface area contributed by atoms with Crippen LogP contribution in [0.5, 0.6) is 5.88 Å². The first-order valence-electron chi connectivity index (χ1n) is 5.52. The first kappa shape index (κ1) is 13.6. The highest BCUT2D eigenvalue weighted by atomic mass is 79.9. The summed E-state index contributed by atoms with van der Waals surface area (Å²) in [5.74, 6) is 0.618. The third kappa shape index (κ3) is 2.46. The maximum atomic E-state index is 10.4. The molecule has 6 heteroatoms. The Balaban J connectivity index is 2.29. The van der Waals surface area contributed by atoms with Gasteiger partial charge in [-0.05, 0) is 34.3 Å². The molecule has 0 aromatic carbocycles. The van der Waals surface area contributed by atoms with Gasteiger partial charge in [0.2, 0.25) is 5.88 Å². The minimum atomic E-state index is -0.608. The van der Waals surface area contributed by atoms with E-state index in [1.165, 1.54) is 0 Å². The van der Waals surface area contributed by atoms with Crippen molar-refractivity contribution in [2.24, 2.45) is 7.05 Å². The zero-order valence-electron chi connectivity index (χ0n) is 10.5. The van der Waals surface area contributed by atoms with Crippen molar-refractivity contribution in [1.82, 2.24) is 9.78 Å². The van der Waals surface area contributed by atoms with Gasteiger partial charge in [0.05, 0.1) is 24.5 Å². The van der Waals surface area contributed by atoms with E-state index in [1.807, 2.05) is 25.4 Å². The molecule has 2 aromatic rings. The molecule has 0 aliphatic carbocycles. The maximum Gasteiger partial charge on any atom is 0.217 e. The molecule has 2 aromatic heterocycles. The number of hydrogen-bond acceptors (Lipinski definition) is 4. The molecule has 0 aliphatic rings. The summed E-state index contributed by atoms with van der Waals surface area (Å²) in [5, 5.41) is 16.7. The third-order valence-corrected chi connectivity index (χ3v) is 4.76. The number of halogens is 1. The van der Waals surface area contributed by atoms with Crippen LogP contribution in [0.1, 0.15) is 22.2 Å². The van der Waals surface area contributed by atoms with Gasteiger partial charge in [-0.15, -0.1) is 11.3 Å². The fraction of sp³-hybridized carbons (Fsp3) is 0.417. The van der Waals surface area contributed by atoms with E-state index in [0.29, 0.717) is 12.3 Å². The molecule has 1 unspecified atom stereocenters. The third-order valence-electron chi connectivity index (χ3n) is 2.81. The van der Waals surface area contributed by atoms with Crippen molar-refractivity contribution in [3.8, 4) is 5.88 Å². The van der Waals surface area contributed by atoms with Crippen molar-refractivity contribution < 1.29 is 9.84 Å². The van der Waals surface area contributed by atoms with E-state index >= 15 is 0 Å². The number of aliphatic hydroxyl groups excluding tert-OH is 1. The van der Waals surface area contributed by atoms with Crippen molar-refractivity contribution in [2.75, 3.05) is 7.11 Å². The molecule has 1 atom stereocenters. The number of aromatic nitrogens is 2. The monoisotopic (exact) mass is 330 g/mol. The molecule has 18 heavy (non-hydrogen) atoms. The number of aliphatic hydroxyl groups is 1. The second-order valence-corrected chi connectivity index (χ2v) is 5.90. The molecule has 1 N–H and O–H groups in total. The van der Waals surface area contributed by atoms with Gasteiger partial charge in [0, 0.05) is 22.8 Å². The highest BCUT2D eigenvalue weighted by Gasteiger charge is 2.22. The van der Waals surface area contributed by atoms with Gasteiger partial charge in [0.15, 0.2) is 0 Å². The number of aryl methyl sites for hydroxylation is 2. The van der Waals surface area contributed by atoms with Gasteiger partial charge < -0.3 is 9.84 Å². The minimum Gasteiger partial charge on any atom is -0.481 e. The number of hydrogen-bond donors (Lipinski definition) is 1. The van der Waals surface area contributed by atoms with E-state index in [2.05, 4.69) is 21.0 Å². The number of methoxy groups -OCH3 is 1. The molecule has 0 spiro atoms. The first-order chi connectivity index (χ1) is 8.54. The average Bonchev–Trinajstić information content (AvgIpc) is 2.82. The Morgan fingerprint density at radius 1 is 1.61 bits per heavy atom. The quantitative estimate of drug-likeness (QED) is 0.937. The molecular formula is C12H15BrN2O2S. The molecule has 0 aliphatic heterocycles. The molecule has 0 radical (unpaired) electrons. The fourth-order valence-corrected chi connectivity index (χ4v) is 3.58. The summed E-state index contributed by atoms with van der Waals surface area (Å²) >= 11 is 5.10. The Morgan fingerprint density at radius 3 is 2.89 bits per heavy atom. The molecule has 2 heterocycles. The largest absolute Gasteiger partial charge is 0.481 e. The highest BCUT2D eigenvalue weighted by Crippen LogP contribution is 2.33. The van der Waals surface area contributed by atoms with Crippen molar-refractivity contribution in [3.05, 3.63) is 32.1 Å². The Morgan fingerprint density at radius 2 is 2.33 bits per heavy atom. The van der Waals surface area contributed by atoms with Crippen LogP contribution in [0.3, 0.4) is 0 Å². The van der Waals surface area contributed by atoms with Gasteiger partial charge >= 0.3 is 0 Å². The fourth-order valence-electron chi connectivity index (χ4n) is 2.03. The number of nitrogens with zero attached hydrogens (tertiary/aromatic N) is 2. The van der Waals surface area contributed by atoms with E-state index in [0.717, 1.165) is 20.6 Å². The van der Waals surface area contributed by atoms with E-state index in [-0.39, 0.29) is 0 Å². The van der Waals surface area contributed by atoms with E-state index in [9.17, 15) is 5.11 Å². The van der Waals surface area contributed by atoms with Gasteiger partial charge in [-0.2, -0.15) is 5.10 Å².